The molecule has 7 nitrogen and oxygen atoms in total. The smallest absolute Gasteiger partial charge is 0.257 e. The van der Waals surface area contributed by atoms with Crippen LogP contribution in [0.1, 0.15) is 17.7 Å². The van der Waals surface area contributed by atoms with Crippen molar-refractivity contribution >= 4 is 27.2 Å². The molecule has 0 bridgehead atoms. The summed E-state index contributed by atoms with van der Waals surface area (Å²) < 4.78 is 32.8. The van der Waals surface area contributed by atoms with Crippen molar-refractivity contribution in [3.63, 3.8) is 0 Å². The van der Waals surface area contributed by atoms with E-state index in [2.05, 4.69) is 9.97 Å². The topological polar surface area (TPSA) is 75.6 Å². The van der Waals surface area contributed by atoms with Gasteiger partial charge in [-0.25, -0.2) is 18.4 Å². The first-order valence-electron chi connectivity index (χ1n) is 8.54. The van der Waals surface area contributed by atoms with E-state index in [9.17, 15) is 8.42 Å². The molecule has 26 heavy (non-hydrogen) atoms. The lowest BCUT2D eigenvalue weighted by molar-refractivity contribution is 0.276. The minimum atomic E-state index is -3.36. The van der Waals surface area contributed by atoms with E-state index in [4.69, 9.17) is 4.74 Å². The number of ether oxygens (including phenoxy) is 1. The molecule has 3 rings (SSSR count). The van der Waals surface area contributed by atoms with Gasteiger partial charge in [0.15, 0.2) is 5.82 Å². The lowest BCUT2D eigenvalue weighted by Gasteiger charge is -2.33. The number of aromatic nitrogens is 2. The van der Waals surface area contributed by atoms with Crippen LogP contribution < -0.4 is 9.64 Å². The number of rotatable bonds is 6. The Balaban J connectivity index is 1.60. The molecule has 1 aliphatic heterocycles. The normalized spacial score (nSPS) is 16.6. The molecule has 3 heterocycles. The summed E-state index contributed by atoms with van der Waals surface area (Å²) in [6.07, 6.45) is 4.91. The van der Waals surface area contributed by atoms with Gasteiger partial charge in [0.25, 0.3) is 15.9 Å². The van der Waals surface area contributed by atoms with Gasteiger partial charge in [-0.3, -0.25) is 0 Å². The Morgan fingerprint density at radius 2 is 1.96 bits per heavy atom. The van der Waals surface area contributed by atoms with Crippen molar-refractivity contribution in [2.45, 2.75) is 24.0 Å². The van der Waals surface area contributed by atoms with Gasteiger partial charge in [-0.1, -0.05) is 0 Å². The molecule has 0 atom stereocenters. The number of aryl methyl sites for hydroxylation is 1. The third kappa shape index (κ3) is 3.99. The first-order chi connectivity index (χ1) is 12.4. The van der Waals surface area contributed by atoms with Crippen LogP contribution >= 0.6 is 11.3 Å². The maximum atomic E-state index is 12.7. The molecule has 0 aliphatic carbocycles. The SMILES string of the molecule is COc1nccnc1N(C)CC1CCN(S(=O)(=O)c2ccc(C)s2)CC1. The highest BCUT2D eigenvalue weighted by atomic mass is 32.2. The van der Waals surface area contributed by atoms with E-state index in [0.29, 0.717) is 34.9 Å². The fraction of sp³-hybridized carbons (Fsp3) is 0.529. The Labute approximate surface area is 158 Å². The molecular weight excluding hydrogens is 372 g/mol. The first-order valence-corrected chi connectivity index (χ1v) is 10.8. The van der Waals surface area contributed by atoms with E-state index in [-0.39, 0.29) is 0 Å². The minimum Gasteiger partial charge on any atom is -0.478 e. The van der Waals surface area contributed by atoms with Crippen LogP contribution in [0.4, 0.5) is 5.82 Å². The van der Waals surface area contributed by atoms with Crippen molar-refractivity contribution < 1.29 is 13.2 Å². The molecule has 1 aliphatic rings. The maximum absolute atomic E-state index is 12.7. The minimum absolute atomic E-state index is 0.406. The molecule has 0 N–H and O–H groups in total. The Hall–Kier alpha value is -1.71. The molecular formula is C17H24N4O3S2. The van der Waals surface area contributed by atoms with Crippen molar-refractivity contribution in [3.05, 3.63) is 29.4 Å². The second kappa shape index (κ2) is 7.89. The standard InChI is InChI=1S/C17H24N4O3S2/c1-13-4-5-15(25-13)26(22,23)21-10-6-14(7-11-21)12-20(2)16-17(24-3)19-9-8-18-16/h4-5,8-9,14H,6-7,10-12H2,1-3H3. The average molecular weight is 397 g/mol. The Bertz CT molecular complexity index is 845. The van der Waals surface area contributed by atoms with Crippen LogP contribution in [0.25, 0.3) is 0 Å². The highest BCUT2D eigenvalue weighted by Gasteiger charge is 2.31. The molecule has 0 saturated carbocycles. The predicted molar refractivity (Wildman–Crippen MR) is 102 cm³/mol. The zero-order valence-corrected chi connectivity index (χ0v) is 16.9. The second-order valence-electron chi connectivity index (χ2n) is 6.48. The van der Waals surface area contributed by atoms with E-state index in [0.717, 1.165) is 24.3 Å². The van der Waals surface area contributed by atoms with Gasteiger partial charge in [-0.05, 0) is 37.8 Å². The van der Waals surface area contributed by atoms with Crippen molar-refractivity contribution in [1.82, 2.24) is 14.3 Å². The number of hydrogen-bond acceptors (Lipinski definition) is 7. The second-order valence-corrected chi connectivity index (χ2v) is 9.93. The van der Waals surface area contributed by atoms with Gasteiger partial charge < -0.3 is 9.64 Å². The zero-order valence-electron chi connectivity index (χ0n) is 15.3. The van der Waals surface area contributed by atoms with E-state index in [1.807, 2.05) is 24.9 Å². The summed E-state index contributed by atoms with van der Waals surface area (Å²) in [4.78, 5) is 11.6. The average Bonchev–Trinajstić information content (AvgIpc) is 3.09. The van der Waals surface area contributed by atoms with Gasteiger partial charge in [0.05, 0.1) is 7.11 Å². The molecule has 1 fully saturated rings. The number of hydrogen-bond donors (Lipinski definition) is 0. The Kier molecular flexibility index (Phi) is 5.79. The fourth-order valence-electron chi connectivity index (χ4n) is 3.21. The molecule has 9 heteroatoms. The zero-order chi connectivity index (χ0) is 18.7. The molecule has 0 amide bonds. The summed E-state index contributed by atoms with van der Waals surface area (Å²) >= 11 is 1.33. The number of nitrogens with zero attached hydrogens (tertiary/aromatic N) is 4. The number of thiophene rings is 1. The predicted octanol–water partition coefficient (Wildman–Crippen LogP) is 2.39. The quantitative estimate of drug-likeness (QED) is 0.746. The van der Waals surface area contributed by atoms with E-state index >= 15 is 0 Å². The van der Waals surface area contributed by atoms with Crippen LogP contribution in [0.15, 0.2) is 28.7 Å². The van der Waals surface area contributed by atoms with Crippen molar-refractivity contribution in [3.8, 4) is 5.88 Å². The molecule has 0 radical (unpaired) electrons. The van der Waals surface area contributed by atoms with Crippen LogP contribution in [0.5, 0.6) is 5.88 Å². The summed E-state index contributed by atoms with van der Waals surface area (Å²) in [6.45, 7) is 3.82. The number of anilines is 1. The van der Waals surface area contributed by atoms with Gasteiger partial charge in [-0.2, -0.15) is 4.31 Å². The molecule has 2 aromatic rings. The largest absolute Gasteiger partial charge is 0.478 e. The molecule has 0 aromatic carbocycles. The monoisotopic (exact) mass is 396 g/mol. The third-order valence-corrected chi connectivity index (χ3v) is 7.98. The summed E-state index contributed by atoms with van der Waals surface area (Å²) in [7, 11) is 0.183. The van der Waals surface area contributed by atoms with Gasteiger partial charge in [0.1, 0.15) is 4.21 Å². The number of methoxy groups -OCH3 is 1. The molecule has 1 saturated heterocycles. The van der Waals surface area contributed by atoms with Crippen molar-refractivity contribution in [2.75, 3.05) is 38.7 Å². The third-order valence-electron chi connectivity index (χ3n) is 4.62. The number of sulfonamides is 1. The van der Waals surface area contributed by atoms with E-state index < -0.39 is 10.0 Å². The highest BCUT2D eigenvalue weighted by Crippen LogP contribution is 2.29. The van der Waals surface area contributed by atoms with Gasteiger partial charge >= 0.3 is 0 Å². The Morgan fingerprint density at radius 3 is 2.58 bits per heavy atom. The van der Waals surface area contributed by atoms with E-state index in [1.165, 1.54) is 11.3 Å². The van der Waals surface area contributed by atoms with Crippen LogP contribution in [0.3, 0.4) is 0 Å². The summed E-state index contributed by atoms with van der Waals surface area (Å²) in [5, 5.41) is 0. The van der Waals surface area contributed by atoms with Crippen LogP contribution in [0, 0.1) is 12.8 Å². The maximum Gasteiger partial charge on any atom is 0.257 e. The van der Waals surface area contributed by atoms with E-state index in [1.54, 1.807) is 29.9 Å². The highest BCUT2D eigenvalue weighted by molar-refractivity contribution is 7.91. The lowest BCUT2D eigenvalue weighted by Crippen LogP contribution is -2.41. The number of piperidine rings is 1. The summed E-state index contributed by atoms with van der Waals surface area (Å²) in [5.74, 6) is 1.62. The van der Waals surface area contributed by atoms with Gasteiger partial charge in [-0.15, -0.1) is 11.3 Å². The van der Waals surface area contributed by atoms with Crippen molar-refractivity contribution in [2.24, 2.45) is 5.92 Å². The van der Waals surface area contributed by atoms with Gasteiger partial charge in [0, 0.05) is 44.0 Å². The summed E-state index contributed by atoms with van der Waals surface area (Å²) in [6, 6.07) is 3.56. The fourth-order valence-corrected chi connectivity index (χ4v) is 6.12. The van der Waals surface area contributed by atoms with Gasteiger partial charge in [0.2, 0.25) is 0 Å². The van der Waals surface area contributed by atoms with Crippen LogP contribution in [0.2, 0.25) is 0 Å². The molecule has 2 aromatic heterocycles. The Morgan fingerprint density at radius 1 is 1.27 bits per heavy atom. The summed E-state index contributed by atoms with van der Waals surface area (Å²) in [5.41, 5.74) is 0. The van der Waals surface area contributed by atoms with Crippen molar-refractivity contribution in [1.29, 1.82) is 0 Å². The molecule has 0 spiro atoms. The van der Waals surface area contributed by atoms with Crippen LogP contribution in [-0.4, -0.2) is 56.5 Å². The lowest BCUT2D eigenvalue weighted by atomic mass is 9.98. The first kappa shape index (κ1) is 19.1. The molecule has 142 valence electrons. The van der Waals surface area contributed by atoms with Crippen LogP contribution in [-0.2, 0) is 10.0 Å². The molecule has 0 unspecified atom stereocenters.